The number of nitrogens with two attached hydrogens (primary N) is 1. The zero-order valence-corrected chi connectivity index (χ0v) is 13.3. The smallest absolute Gasteiger partial charge is 0.236 e. The van der Waals surface area contributed by atoms with Crippen LogP contribution in [0.4, 0.5) is 0 Å². The summed E-state index contributed by atoms with van der Waals surface area (Å²) in [7, 11) is 3.79. The van der Waals surface area contributed by atoms with Crippen molar-refractivity contribution in [3.63, 3.8) is 0 Å². The largest absolute Gasteiger partial charge is 0.339 e. The topological polar surface area (TPSA) is 69.9 Å². The summed E-state index contributed by atoms with van der Waals surface area (Å²) in [5, 5.41) is 0. The summed E-state index contributed by atoms with van der Waals surface area (Å²) in [6, 6.07) is 0. The number of carbonyl (C=O) groups is 2. The summed E-state index contributed by atoms with van der Waals surface area (Å²) in [5.74, 6) is 0.861. The van der Waals surface area contributed by atoms with Crippen LogP contribution in [0.25, 0.3) is 0 Å². The Balaban J connectivity index is 1.83. The highest BCUT2D eigenvalue weighted by Crippen LogP contribution is 2.32. The van der Waals surface area contributed by atoms with Crippen LogP contribution in [0.3, 0.4) is 0 Å². The minimum absolute atomic E-state index is 0.110. The van der Waals surface area contributed by atoms with Crippen molar-refractivity contribution in [3.8, 4) is 0 Å². The average Bonchev–Trinajstić information content (AvgIpc) is 2.94. The Bertz CT molecular complexity index is 378. The van der Waals surface area contributed by atoms with Gasteiger partial charge in [-0.05, 0) is 39.4 Å². The number of hydrogen-bond acceptors (Lipinski definition) is 4. The first kappa shape index (κ1) is 16.2. The highest BCUT2D eigenvalue weighted by molar-refractivity contribution is 5.81. The van der Waals surface area contributed by atoms with Crippen LogP contribution in [0.5, 0.6) is 0 Å². The molecular formula is C15H28N4O2. The molecular weight excluding hydrogens is 268 g/mol. The van der Waals surface area contributed by atoms with Crippen LogP contribution in [0.15, 0.2) is 0 Å². The number of rotatable bonds is 4. The van der Waals surface area contributed by atoms with Gasteiger partial charge in [0.2, 0.25) is 11.8 Å². The number of piperazine rings is 1. The Morgan fingerprint density at radius 3 is 2.29 bits per heavy atom. The number of hydrogen-bond donors (Lipinski definition) is 1. The van der Waals surface area contributed by atoms with Crippen molar-refractivity contribution in [2.45, 2.75) is 19.3 Å². The van der Waals surface area contributed by atoms with E-state index in [4.69, 9.17) is 5.73 Å². The lowest BCUT2D eigenvalue weighted by molar-refractivity contribution is -0.143. The molecule has 0 bridgehead atoms. The molecule has 1 saturated carbocycles. The van der Waals surface area contributed by atoms with E-state index in [-0.39, 0.29) is 17.7 Å². The minimum Gasteiger partial charge on any atom is -0.339 e. The second-order valence-electron chi connectivity index (χ2n) is 6.48. The van der Waals surface area contributed by atoms with E-state index in [2.05, 4.69) is 0 Å². The molecule has 0 spiro atoms. The highest BCUT2D eigenvalue weighted by atomic mass is 16.2. The van der Waals surface area contributed by atoms with Gasteiger partial charge in [-0.1, -0.05) is 6.42 Å². The second kappa shape index (κ2) is 7.22. The first-order valence-electron chi connectivity index (χ1n) is 7.94. The van der Waals surface area contributed by atoms with E-state index < -0.39 is 0 Å². The van der Waals surface area contributed by atoms with E-state index in [0.717, 1.165) is 19.3 Å². The van der Waals surface area contributed by atoms with Gasteiger partial charge in [0, 0.05) is 32.1 Å². The van der Waals surface area contributed by atoms with Crippen LogP contribution >= 0.6 is 0 Å². The van der Waals surface area contributed by atoms with Gasteiger partial charge in [-0.25, -0.2) is 0 Å². The summed E-state index contributed by atoms with van der Waals surface area (Å²) in [6.07, 6.45) is 3.16. The van der Waals surface area contributed by atoms with Crippen molar-refractivity contribution in [1.82, 2.24) is 14.7 Å². The second-order valence-corrected chi connectivity index (χ2v) is 6.48. The van der Waals surface area contributed by atoms with E-state index in [1.807, 2.05) is 28.8 Å². The van der Waals surface area contributed by atoms with Crippen LogP contribution in [0.1, 0.15) is 19.3 Å². The summed E-state index contributed by atoms with van der Waals surface area (Å²) in [5.41, 5.74) is 5.77. The summed E-state index contributed by atoms with van der Waals surface area (Å²) >= 11 is 0. The van der Waals surface area contributed by atoms with Gasteiger partial charge < -0.3 is 20.4 Å². The molecule has 2 aliphatic rings. The van der Waals surface area contributed by atoms with E-state index >= 15 is 0 Å². The first-order chi connectivity index (χ1) is 10.0. The number of nitrogens with zero attached hydrogens (tertiary/aromatic N) is 3. The van der Waals surface area contributed by atoms with Gasteiger partial charge in [0.25, 0.3) is 0 Å². The molecule has 2 unspecified atom stereocenters. The standard InChI is InChI=1S/C15H28N4O2/c1-17(2)11-14(20)18-6-8-19(9-7-18)15(21)13-5-3-4-12(13)10-16/h12-13H,3-11,16H2,1-2H3. The van der Waals surface area contributed by atoms with Crippen LogP contribution in [0, 0.1) is 11.8 Å². The van der Waals surface area contributed by atoms with E-state index in [1.54, 1.807) is 0 Å². The van der Waals surface area contributed by atoms with Crippen LogP contribution in [-0.2, 0) is 9.59 Å². The molecule has 6 nitrogen and oxygen atoms in total. The van der Waals surface area contributed by atoms with E-state index in [0.29, 0.717) is 45.2 Å². The molecule has 6 heteroatoms. The van der Waals surface area contributed by atoms with E-state index in [9.17, 15) is 9.59 Å². The zero-order chi connectivity index (χ0) is 15.4. The van der Waals surface area contributed by atoms with Gasteiger partial charge >= 0.3 is 0 Å². The van der Waals surface area contributed by atoms with Crippen molar-refractivity contribution < 1.29 is 9.59 Å². The molecule has 1 aliphatic carbocycles. The van der Waals surface area contributed by atoms with Gasteiger partial charge in [0.1, 0.15) is 0 Å². The Kier molecular flexibility index (Phi) is 5.58. The average molecular weight is 296 g/mol. The van der Waals surface area contributed by atoms with E-state index in [1.165, 1.54) is 0 Å². The minimum atomic E-state index is 0.110. The van der Waals surface area contributed by atoms with Gasteiger partial charge in [0.05, 0.1) is 6.54 Å². The summed E-state index contributed by atoms with van der Waals surface area (Å²) < 4.78 is 0. The third-order valence-electron chi connectivity index (χ3n) is 4.67. The van der Waals surface area contributed by atoms with Crippen LogP contribution < -0.4 is 5.73 Å². The molecule has 0 radical (unpaired) electrons. The van der Waals surface area contributed by atoms with Crippen LogP contribution in [0.2, 0.25) is 0 Å². The Morgan fingerprint density at radius 2 is 1.71 bits per heavy atom. The molecule has 2 N–H and O–H groups in total. The normalized spacial score (nSPS) is 26.5. The SMILES string of the molecule is CN(C)CC(=O)N1CCN(C(=O)C2CCCC2CN)CC1. The lowest BCUT2D eigenvalue weighted by Gasteiger charge is -2.37. The van der Waals surface area contributed by atoms with Gasteiger partial charge in [-0.2, -0.15) is 0 Å². The molecule has 0 aromatic rings. The third kappa shape index (κ3) is 3.95. The fraction of sp³-hybridized carbons (Fsp3) is 0.867. The van der Waals surface area contributed by atoms with Crippen molar-refractivity contribution in [1.29, 1.82) is 0 Å². The molecule has 2 fully saturated rings. The fourth-order valence-electron chi connectivity index (χ4n) is 3.43. The van der Waals surface area contributed by atoms with Gasteiger partial charge in [-0.3, -0.25) is 9.59 Å². The van der Waals surface area contributed by atoms with Crippen molar-refractivity contribution in [2.75, 3.05) is 53.4 Å². The Hall–Kier alpha value is -1.14. The number of carbonyl (C=O) groups excluding carboxylic acids is 2. The molecule has 2 rings (SSSR count). The number of amides is 2. The molecule has 0 aromatic heterocycles. The monoisotopic (exact) mass is 296 g/mol. The molecule has 21 heavy (non-hydrogen) atoms. The maximum absolute atomic E-state index is 12.6. The van der Waals surface area contributed by atoms with Gasteiger partial charge in [-0.15, -0.1) is 0 Å². The quantitative estimate of drug-likeness (QED) is 0.766. The zero-order valence-electron chi connectivity index (χ0n) is 13.3. The predicted molar refractivity (Wildman–Crippen MR) is 81.6 cm³/mol. The molecule has 1 aliphatic heterocycles. The predicted octanol–water partition coefficient (Wildman–Crippen LogP) is -0.406. The molecule has 1 heterocycles. The fourth-order valence-corrected chi connectivity index (χ4v) is 3.43. The van der Waals surface area contributed by atoms with Gasteiger partial charge in [0.15, 0.2) is 0 Å². The van der Waals surface area contributed by atoms with Crippen molar-refractivity contribution in [2.24, 2.45) is 17.6 Å². The van der Waals surface area contributed by atoms with Crippen LogP contribution in [-0.4, -0.2) is 79.9 Å². The Labute approximate surface area is 127 Å². The first-order valence-corrected chi connectivity index (χ1v) is 7.94. The highest BCUT2D eigenvalue weighted by Gasteiger charge is 2.36. The van der Waals surface area contributed by atoms with Crippen molar-refractivity contribution >= 4 is 11.8 Å². The number of likely N-dealkylation sites (N-methyl/N-ethyl adjacent to an activating group) is 1. The molecule has 1 saturated heterocycles. The molecule has 2 amide bonds. The molecule has 0 aromatic carbocycles. The summed E-state index contributed by atoms with van der Waals surface area (Å²) in [6.45, 7) is 3.66. The maximum Gasteiger partial charge on any atom is 0.236 e. The summed E-state index contributed by atoms with van der Waals surface area (Å²) in [4.78, 5) is 30.3. The lowest BCUT2D eigenvalue weighted by atomic mass is 9.94. The molecule has 2 atom stereocenters. The maximum atomic E-state index is 12.6. The lowest BCUT2D eigenvalue weighted by Crippen LogP contribution is -2.53. The van der Waals surface area contributed by atoms with Crippen molar-refractivity contribution in [3.05, 3.63) is 0 Å². The Morgan fingerprint density at radius 1 is 1.10 bits per heavy atom. The molecule has 120 valence electrons. The third-order valence-corrected chi connectivity index (χ3v) is 4.67.